The summed E-state index contributed by atoms with van der Waals surface area (Å²) < 4.78 is 6.55. The molecular weight excluding hydrogens is 801 g/mol. The van der Waals surface area contributed by atoms with E-state index in [9.17, 15) is 0 Å². The molecule has 2 nitrogen and oxygen atoms in total. The Bertz CT molecular complexity index is 6840. The maximum absolute atomic E-state index is 15.8. The first-order valence-corrected chi connectivity index (χ1v) is 24.8. The molecule has 0 amide bonds. The molecule has 5 aliphatic rings. The van der Waals surface area contributed by atoms with E-state index in [4.69, 9.17) is 4.74 Å². The van der Waals surface area contributed by atoms with Crippen molar-refractivity contribution in [2.75, 3.05) is 6.61 Å². The molecular formula is C64H6O2. The number of carbonyl (C=O) groups excluding carboxylic acids is 1. The zero-order valence-electron chi connectivity index (χ0n) is 33.6. The summed E-state index contributed by atoms with van der Waals surface area (Å²) in [4.78, 5) is 15.8. The van der Waals surface area contributed by atoms with Gasteiger partial charge in [-0.1, -0.05) is 0 Å². The second-order valence-corrected chi connectivity index (χ2v) is 24.6. The number of hydrogen-bond donors (Lipinski definition) is 0. The molecule has 28 aromatic carbocycles. The van der Waals surface area contributed by atoms with Crippen LogP contribution in [0.3, 0.4) is 0 Å². The minimum absolute atomic E-state index is 0.0486. The molecule has 33 rings (SSSR count). The Hall–Kier alpha value is -8.07. The highest BCUT2D eigenvalue weighted by Crippen LogP contribution is 2.92. The van der Waals surface area contributed by atoms with E-state index < -0.39 is 10.8 Å². The molecule has 28 aromatic rings. The summed E-state index contributed by atoms with van der Waals surface area (Å²) in [6, 6.07) is 0. The van der Waals surface area contributed by atoms with Crippen molar-refractivity contribution < 1.29 is 9.53 Å². The van der Waals surface area contributed by atoms with Crippen molar-refractivity contribution in [3.8, 4) is 0 Å². The van der Waals surface area contributed by atoms with Gasteiger partial charge >= 0.3 is 5.97 Å². The Morgan fingerprint density at radius 2 is 0.394 bits per heavy atom. The third-order valence-corrected chi connectivity index (χ3v) is 24.8. The van der Waals surface area contributed by atoms with E-state index in [-0.39, 0.29) is 11.9 Å². The summed E-state index contributed by atoms with van der Waals surface area (Å²) in [5, 5.41) is 86.2. The number of ether oxygens (including phenoxy) is 1. The van der Waals surface area contributed by atoms with Gasteiger partial charge in [-0.15, -0.1) is 0 Å². The van der Waals surface area contributed by atoms with Crippen LogP contribution in [0.4, 0.5) is 0 Å². The predicted octanol–water partition coefficient (Wildman–Crippen LogP) is 16.5. The normalized spacial score (nSPS) is 23.9. The largest absolute Gasteiger partial charge is 0.466 e. The number of carbonyl (C=O) groups is 1. The maximum Gasteiger partial charge on any atom is 0.311 e. The second kappa shape index (κ2) is 5.15. The molecule has 1 saturated carbocycles. The molecule has 0 saturated heterocycles. The van der Waals surface area contributed by atoms with Gasteiger partial charge in [0.25, 0.3) is 0 Å². The monoisotopic (exact) mass is 806 g/mol. The smallest absolute Gasteiger partial charge is 0.311 e. The summed E-state index contributed by atoms with van der Waals surface area (Å²) >= 11 is 0. The Kier molecular flexibility index (Phi) is 1.85. The molecule has 0 bridgehead atoms. The zero-order chi connectivity index (χ0) is 39.1. The Labute approximate surface area is 357 Å². The van der Waals surface area contributed by atoms with Crippen molar-refractivity contribution in [1.29, 1.82) is 0 Å². The molecule has 1 fully saturated rings. The van der Waals surface area contributed by atoms with Crippen molar-refractivity contribution in [1.82, 2.24) is 0 Å². The highest BCUT2D eigenvalue weighted by Gasteiger charge is 2.89. The maximum atomic E-state index is 15.8. The molecule has 66 heavy (non-hydrogen) atoms. The molecule has 2 spiro atoms. The fourth-order valence-electron chi connectivity index (χ4n) is 25.0. The average Bonchev–Trinajstić information content (AvgIpc) is 4.18. The topological polar surface area (TPSA) is 26.3 Å². The van der Waals surface area contributed by atoms with Crippen molar-refractivity contribution in [2.24, 2.45) is 5.92 Å². The number of hydrogen-bond acceptors (Lipinski definition) is 2. The van der Waals surface area contributed by atoms with Crippen molar-refractivity contribution in [3.05, 3.63) is 22.3 Å². The van der Waals surface area contributed by atoms with Crippen LogP contribution in [0.1, 0.15) is 29.2 Å². The summed E-state index contributed by atoms with van der Waals surface area (Å²) in [6.45, 7) is 2.46. The van der Waals surface area contributed by atoms with Gasteiger partial charge in [0.2, 0.25) is 0 Å². The van der Waals surface area contributed by atoms with Gasteiger partial charge in [0.15, 0.2) is 0 Å². The third kappa shape index (κ3) is 1.16. The van der Waals surface area contributed by atoms with Crippen LogP contribution in [0.25, 0.3) is 291 Å². The Balaban J connectivity index is 1.24. The van der Waals surface area contributed by atoms with Crippen molar-refractivity contribution in [3.63, 3.8) is 0 Å². The van der Waals surface area contributed by atoms with Gasteiger partial charge < -0.3 is 4.74 Å². The van der Waals surface area contributed by atoms with Crippen LogP contribution in [-0.4, -0.2) is 12.6 Å². The molecule has 0 radical (unpaired) electrons. The number of benzene rings is 17. The fraction of sp³-hybridized carbons (Fsp3) is 0.0781. The van der Waals surface area contributed by atoms with Crippen LogP contribution in [0, 0.1) is 5.92 Å². The van der Waals surface area contributed by atoms with Crippen LogP contribution in [-0.2, 0) is 20.4 Å². The van der Waals surface area contributed by atoms with E-state index in [2.05, 4.69) is 0 Å². The van der Waals surface area contributed by atoms with Crippen molar-refractivity contribution in [2.45, 2.75) is 17.8 Å². The quantitative estimate of drug-likeness (QED) is 0.128. The first kappa shape index (κ1) is 23.7. The summed E-state index contributed by atoms with van der Waals surface area (Å²) in [7, 11) is 0. The lowest BCUT2D eigenvalue weighted by Crippen LogP contribution is -2.25. The number of rotatable bonds is 2. The lowest BCUT2D eigenvalue weighted by molar-refractivity contribution is -0.145. The average molecular weight is 807 g/mol. The summed E-state index contributed by atoms with van der Waals surface area (Å²) in [5.74, 6) is -0.224. The van der Waals surface area contributed by atoms with Gasteiger partial charge in [0, 0.05) is 0 Å². The molecule has 0 aromatic heterocycles. The highest BCUT2D eigenvalue weighted by atomic mass is 16.5. The molecule has 274 valence electrons. The lowest BCUT2D eigenvalue weighted by Gasteiger charge is -2.31. The van der Waals surface area contributed by atoms with E-state index >= 15 is 4.79 Å². The third-order valence-electron chi connectivity index (χ3n) is 24.8. The predicted molar refractivity (Wildman–Crippen MR) is 274 cm³/mol. The van der Waals surface area contributed by atoms with Crippen molar-refractivity contribution >= 4 is 297 Å². The standard InChI is InChI=1S/C64H6O2/c1-2-66-62(65)61-63-57-50-43-31-23-14-5-3-4-6-9(5)18-25(23)33-34-26(18)24-15(6)17-13-8(4)11-10-7(3)12-16(14)29(31)37-35-21(12)19(10)27-28-20(11)22(13)36-38-30(17)32(24)44-46(34)55(54(57)45(33)43)58-51(44)49(38)53-42(36)40(28)47-39(27)41(35)52(48(37)50)59(63)56(47)60(53)64(58,61)63/h61H,2H2,1H3. The van der Waals surface area contributed by atoms with Gasteiger partial charge in [-0.2, -0.15) is 0 Å². The van der Waals surface area contributed by atoms with E-state index in [0.717, 1.165) is 0 Å². The van der Waals surface area contributed by atoms with Crippen LogP contribution in [0.5, 0.6) is 0 Å². The van der Waals surface area contributed by atoms with Crippen LogP contribution < -0.4 is 0 Å². The van der Waals surface area contributed by atoms with E-state index in [0.29, 0.717) is 6.61 Å². The SMILES string of the molecule is CCOC(=O)C1C23c4c5c6c7c8c9c(c%10c%11c2c2c%12c4c4c%13c5c5c7c7c8c8c%14c9c%10c9c%10c%11c2c2c%11c%12c4c4c%12c%13c5c5c7c7c8c8c%14c9c9c%10c2c2c%11c4c4c%12c5c7c5c8c9c2c45)C613. The van der Waals surface area contributed by atoms with E-state index in [1.165, 1.54) is 0 Å². The summed E-state index contributed by atoms with van der Waals surface area (Å²) in [6.07, 6.45) is 0. The fourth-order valence-corrected chi connectivity index (χ4v) is 25.0. The summed E-state index contributed by atoms with van der Waals surface area (Å²) in [5.41, 5.74) is 5.30. The molecule has 0 heterocycles. The lowest BCUT2D eigenvalue weighted by atomic mass is 9.69. The second-order valence-electron chi connectivity index (χ2n) is 24.6. The first-order valence-electron chi connectivity index (χ1n) is 24.8. The van der Waals surface area contributed by atoms with E-state index in [1.54, 1.807) is 313 Å². The zero-order valence-corrected chi connectivity index (χ0v) is 33.6. The molecule has 2 atom stereocenters. The van der Waals surface area contributed by atoms with Gasteiger partial charge in [-0.3, -0.25) is 4.79 Å². The van der Waals surface area contributed by atoms with Gasteiger partial charge in [0.1, 0.15) is 0 Å². The van der Waals surface area contributed by atoms with Crippen LogP contribution in [0.15, 0.2) is 0 Å². The molecule has 2 heteroatoms. The first-order chi connectivity index (χ1) is 32.8. The highest BCUT2D eigenvalue weighted by molar-refractivity contribution is 6.82. The van der Waals surface area contributed by atoms with Crippen LogP contribution >= 0.6 is 0 Å². The molecule has 2 unspecified atom stereocenters. The Morgan fingerprint density at radius 3 is 0.591 bits per heavy atom. The molecule has 0 N–H and O–H groups in total. The molecule has 0 aliphatic heterocycles. The van der Waals surface area contributed by atoms with E-state index in [1.807, 2.05) is 6.92 Å². The minimum Gasteiger partial charge on any atom is -0.466 e. The molecule has 5 aliphatic carbocycles. The number of esters is 1. The van der Waals surface area contributed by atoms with Crippen LogP contribution in [0.2, 0.25) is 0 Å². The Morgan fingerprint density at radius 1 is 0.258 bits per heavy atom. The minimum atomic E-state index is -0.482. The van der Waals surface area contributed by atoms with Gasteiger partial charge in [-0.05, 0) is 320 Å². The van der Waals surface area contributed by atoms with Gasteiger partial charge in [-0.25, -0.2) is 0 Å². The van der Waals surface area contributed by atoms with Gasteiger partial charge in [0.05, 0.1) is 23.4 Å².